The molecular weight excluding hydrogens is 501 g/mol. The third-order valence-electron chi connectivity index (χ3n) is 5.27. The number of carbonyl (C=O) groups excluding carboxylic acids is 1. The molecule has 2 heterocycles. The topological polar surface area (TPSA) is 113 Å². The number of nitrogens with zero attached hydrogens (tertiary/aromatic N) is 3. The summed E-state index contributed by atoms with van der Waals surface area (Å²) in [7, 11) is -4.34. The predicted octanol–water partition coefficient (Wildman–Crippen LogP) is -0.824. The van der Waals surface area contributed by atoms with E-state index >= 15 is 0 Å². The average molecular weight is 524 g/mol. The summed E-state index contributed by atoms with van der Waals surface area (Å²) in [5, 5.41) is 9.78. The van der Waals surface area contributed by atoms with Gasteiger partial charge in [-0.05, 0) is 49.0 Å². The number of aliphatic hydroxyl groups is 1. The molecule has 0 bridgehead atoms. The van der Waals surface area contributed by atoms with Crippen LogP contribution in [0.25, 0.3) is 0 Å². The van der Waals surface area contributed by atoms with Gasteiger partial charge < -0.3 is 24.2 Å². The Bertz CT molecular complexity index is 1270. The molecule has 0 aliphatic carbocycles. The Balaban J connectivity index is 0.00000342. The number of hydrogen-bond acceptors (Lipinski definition) is 8. The Morgan fingerprint density at radius 2 is 1.69 bits per heavy atom. The summed E-state index contributed by atoms with van der Waals surface area (Å²) in [5.74, 6) is 0.102. The molecular formula is C23H22N3NaO6S2. The van der Waals surface area contributed by atoms with Gasteiger partial charge in [-0.2, -0.15) is 0 Å². The molecule has 4 rings (SSSR count). The zero-order valence-corrected chi connectivity index (χ0v) is 22.7. The molecule has 2 aliphatic heterocycles. The number of hydrogen-bond donors (Lipinski definition) is 1. The summed E-state index contributed by atoms with van der Waals surface area (Å²) < 4.78 is 39.0. The molecule has 9 nitrogen and oxygen atoms in total. The fraction of sp³-hybridized carbons (Fsp3) is 0.217. The van der Waals surface area contributed by atoms with Crippen molar-refractivity contribution in [3.8, 4) is 5.75 Å². The molecule has 12 heteroatoms. The van der Waals surface area contributed by atoms with Crippen LogP contribution in [0.3, 0.4) is 0 Å². The van der Waals surface area contributed by atoms with E-state index in [1.807, 2.05) is 18.2 Å². The van der Waals surface area contributed by atoms with Gasteiger partial charge in [0.15, 0.2) is 10.9 Å². The van der Waals surface area contributed by atoms with Gasteiger partial charge in [0.25, 0.3) is 5.91 Å². The number of anilines is 2. The number of allylic oxidation sites excluding steroid dienone is 2. The number of carbonyl (C=O) groups is 1. The first kappa shape index (κ1) is 27.3. The van der Waals surface area contributed by atoms with Gasteiger partial charge in [-0.15, -0.1) is 0 Å². The summed E-state index contributed by atoms with van der Waals surface area (Å²) in [6.45, 7) is 0.160. The van der Waals surface area contributed by atoms with Gasteiger partial charge in [-0.3, -0.25) is 9.69 Å². The third-order valence-corrected chi connectivity index (χ3v) is 6.46. The first-order chi connectivity index (χ1) is 16.3. The van der Waals surface area contributed by atoms with Gasteiger partial charge in [0.05, 0.1) is 28.1 Å². The molecule has 1 saturated heterocycles. The molecule has 0 spiro atoms. The number of benzene rings is 2. The van der Waals surface area contributed by atoms with Crippen molar-refractivity contribution in [3.05, 3.63) is 78.3 Å². The first-order valence-corrected chi connectivity index (χ1v) is 12.5. The van der Waals surface area contributed by atoms with Crippen LogP contribution < -0.4 is 44.1 Å². The van der Waals surface area contributed by atoms with Gasteiger partial charge in [-0.25, -0.2) is 8.42 Å². The van der Waals surface area contributed by atoms with Crippen LogP contribution in [0.4, 0.5) is 11.4 Å². The van der Waals surface area contributed by atoms with Crippen molar-refractivity contribution in [1.29, 1.82) is 0 Å². The molecule has 2 aromatic rings. The molecule has 0 unspecified atom stereocenters. The van der Waals surface area contributed by atoms with Crippen molar-refractivity contribution < 1.29 is 57.2 Å². The number of fused-ring (bicyclic) bond motifs is 1. The molecule has 0 saturated carbocycles. The summed E-state index contributed by atoms with van der Waals surface area (Å²) >= 11 is 5.51. The van der Waals surface area contributed by atoms with Crippen molar-refractivity contribution in [2.24, 2.45) is 0 Å². The number of aliphatic hydroxyl groups excluding tert-OH is 1. The van der Waals surface area contributed by atoms with E-state index in [0.717, 1.165) is 5.69 Å². The standard InChI is InChI=1S/C23H23N3O6S2.Na/c27-15-14-25-19(22(28)26(23(25)33)17-7-2-1-3-8-17)11-12-21-24(13-6-16-34(29,30)31)18-9-4-5-10-20(18)32-21;/h1-5,7-12,27H,6,13-16H2,(H,29,30,31);/q;+1/p-1/b19-11-,21-12-;. The number of para-hydroxylation sites is 3. The Morgan fingerprint density at radius 1 is 1.00 bits per heavy atom. The molecule has 1 amide bonds. The second kappa shape index (κ2) is 11.7. The van der Waals surface area contributed by atoms with E-state index in [9.17, 15) is 22.9 Å². The van der Waals surface area contributed by atoms with E-state index in [1.165, 1.54) is 4.90 Å². The van der Waals surface area contributed by atoms with Crippen LogP contribution in [0.15, 0.2) is 78.3 Å². The summed E-state index contributed by atoms with van der Waals surface area (Å²) in [6.07, 6.45) is 3.27. The maximum atomic E-state index is 13.3. The summed E-state index contributed by atoms with van der Waals surface area (Å²) in [5.41, 5.74) is 1.60. The van der Waals surface area contributed by atoms with Gasteiger partial charge in [0, 0.05) is 24.9 Å². The number of amides is 1. The summed E-state index contributed by atoms with van der Waals surface area (Å²) in [6, 6.07) is 16.2. The maximum Gasteiger partial charge on any atom is 1.00 e. The maximum absolute atomic E-state index is 13.3. The SMILES string of the molecule is O=C1/C(=C/C=C2\Oc3ccccc3N2CCCS(=O)(=O)[O-])N(CCO)C(=S)N1c1ccccc1.[Na+]. The number of β-amino-alcohol motifs (C(OH)–C–C–N with tert-alkyl or cyclic N) is 1. The van der Waals surface area contributed by atoms with Gasteiger partial charge in [-0.1, -0.05) is 30.3 Å². The summed E-state index contributed by atoms with van der Waals surface area (Å²) in [4.78, 5) is 18.0. The minimum atomic E-state index is -4.34. The van der Waals surface area contributed by atoms with Crippen LogP contribution in [-0.2, 0) is 14.9 Å². The molecule has 0 radical (unpaired) electrons. The largest absolute Gasteiger partial charge is 1.00 e. The normalized spacial score (nSPS) is 17.7. The van der Waals surface area contributed by atoms with Crippen LogP contribution in [-0.4, -0.2) is 59.4 Å². The predicted molar refractivity (Wildman–Crippen MR) is 130 cm³/mol. The van der Waals surface area contributed by atoms with Crippen LogP contribution in [0.5, 0.6) is 5.75 Å². The molecule has 2 aromatic carbocycles. The fourth-order valence-corrected chi connectivity index (χ4v) is 4.64. The Kier molecular flexibility index (Phi) is 9.11. The van der Waals surface area contributed by atoms with E-state index in [1.54, 1.807) is 58.4 Å². The van der Waals surface area contributed by atoms with Crippen molar-refractivity contribution in [2.45, 2.75) is 6.42 Å². The molecule has 2 aliphatic rings. The Morgan fingerprint density at radius 3 is 2.37 bits per heavy atom. The zero-order valence-electron chi connectivity index (χ0n) is 19.0. The number of rotatable bonds is 8. The monoisotopic (exact) mass is 523 g/mol. The van der Waals surface area contributed by atoms with Crippen molar-refractivity contribution >= 4 is 44.7 Å². The first-order valence-electron chi connectivity index (χ1n) is 10.5. The molecule has 1 fully saturated rings. The van der Waals surface area contributed by atoms with Crippen LogP contribution in [0, 0.1) is 0 Å². The quantitative estimate of drug-likeness (QED) is 0.205. The van der Waals surface area contributed by atoms with Crippen LogP contribution in [0.2, 0.25) is 0 Å². The zero-order chi connectivity index (χ0) is 24.3. The van der Waals surface area contributed by atoms with E-state index in [2.05, 4.69) is 0 Å². The number of thiocarbonyl (C=S) groups is 1. The third kappa shape index (κ3) is 6.12. The number of ether oxygens (including phenoxy) is 1. The minimum Gasteiger partial charge on any atom is -0.748 e. The van der Waals surface area contributed by atoms with Crippen molar-refractivity contribution in [2.75, 3.05) is 35.2 Å². The molecule has 1 N–H and O–H groups in total. The van der Waals surface area contributed by atoms with Crippen LogP contribution in [0.1, 0.15) is 6.42 Å². The molecule has 0 atom stereocenters. The van der Waals surface area contributed by atoms with Gasteiger partial charge in [0.2, 0.25) is 5.88 Å². The van der Waals surface area contributed by atoms with Gasteiger partial charge >= 0.3 is 29.6 Å². The van der Waals surface area contributed by atoms with Crippen LogP contribution >= 0.6 is 12.2 Å². The van der Waals surface area contributed by atoms with E-state index in [4.69, 9.17) is 17.0 Å². The second-order valence-electron chi connectivity index (χ2n) is 7.53. The Labute approximate surface area is 231 Å². The second-order valence-corrected chi connectivity index (χ2v) is 9.42. The van der Waals surface area contributed by atoms with Gasteiger partial charge in [0.1, 0.15) is 5.70 Å². The fourth-order valence-electron chi connectivity index (χ4n) is 3.78. The van der Waals surface area contributed by atoms with E-state index < -0.39 is 15.9 Å². The molecule has 178 valence electrons. The smallest absolute Gasteiger partial charge is 0.748 e. The van der Waals surface area contributed by atoms with E-state index in [-0.39, 0.29) is 72.4 Å². The van der Waals surface area contributed by atoms with Crippen molar-refractivity contribution in [1.82, 2.24) is 4.90 Å². The minimum absolute atomic E-state index is 0. The Hall–Kier alpha value is -2.25. The van der Waals surface area contributed by atoms with E-state index in [0.29, 0.717) is 17.3 Å². The molecule has 35 heavy (non-hydrogen) atoms. The van der Waals surface area contributed by atoms with Crippen molar-refractivity contribution in [3.63, 3.8) is 0 Å². The molecule has 0 aromatic heterocycles. The average Bonchev–Trinajstić information content (AvgIpc) is 3.27.